The number of nitrogens with zero attached hydrogens (tertiary/aromatic N) is 2. The number of aromatic nitrogens is 2. The van der Waals surface area contributed by atoms with E-state index >= 15 is 0 Å². The molecule has 1 amide bonds. The normalized spacial score (nSPS) is 13.1. The third-order valence-electron chi connectivity index (χ3n) is 3.02. The SMILES string of the molecule is Cc1cn2c(CC(=O)NCC(O)C(C)C)csc2n1. The summed E-state index contributed by atoms with van der Waals surface area (Å²) in [5.41, 5.74) is 1.88. The lowest BCUT2D eigenvalue weighted by molar-refractivity contribution is -0.121. The minimum atomic E-state index is -0.498. The fourth-order valence-electron chi connectivity index (χ4n) is 1.75. The first-order valence-electron chi connectivity index (χ1n) is 6.34. The monoisotopic (exact) mass is 281 g/mol. The van der Waals surface area contributed by atoms with Crippen LogP contribution in [0.25, 0.3) is 4.96 Å². The van der Waals surface area contributed by atoms with Crippen LogP contribution in [-0.4, -0.2) is 33.0 Å². The zero-order valence-electron chi connectivity index (χ0n) is 11.4. The molecular weight excluding hydrogens is 262 g/mol. The lowest BCUT2D eigenvalue weighted by Crippen LogP contribution is -2.35. The van der Waals surface area contributed by atoms with E-state index in [1.807, 2.05) is 36.7 Å². The number of carbonyl (C=O) groups excluding carboxylic acids is 1. The number of aliphatic hydroxyl groups is 1. The summed E-state index contributed by atoms with van der Waals surface area (Å²) in [6.45, 7) is 6.08. The molecule has 2 N–H and O–H groups in total. The van der Waals surface area contributed by atoms with Crippen molar-refractivity contribution in [3.63, 3.8) is 0 Å². The Bertz CT molecular complexity index is 573. The molecule has 0 radical (unpaired) electrons. The first-order chi connectivity index (χ1) is 8.97. The van der Waals surface area contributed by atoms with Gasteiger partial charge in [0, 0.05) is 23.8 Å². The van der Waals surface area contributed by atoms with E-state index in [1.165, 1.54) is 11.3 Å². The van der Waals surface area contributed by atoms with Gasteiger partial charge in [-0.1, -0.05) is 13.8 Å². The van der Waals surface area contributed by atoms with Crippen molar-refractivity contribution in [3.05, 3.63) is 23.0 Å². The predicted molar refractivity (Wildman–Crippen MR) is 75.4 cm³/mol. The molecule has 5 nitrogen and oxygen atoms in total. The molecule has 2 rings (SSSR count). The molecule has 104 valence electrons. The second-order valence-electron chi connectivity index (χ2n) is 5.05. The van der Waals surface area contributed by atoms with Gasteiger partial charge in [0.2, 0.25) is 5.91 Å². The van der Waals surface area contributed by atoms with Crippen LogP contribution in [0.2, 0.25) is 0 Å². The summed E-state index contributed by atoms with van der Waals surface area (Å²) in [6.07, 6.45) is 1.74. The highest BCUT2D eigenvalue weighted by Gasteiger charge is 2.13. The number of carbonyl (C=O) groups is 1. The zero-order valence-corrected chi connectivity index (χ0v) is 12.2. The standard InChI is InChI=1S/C13H19N3O2S/c1-8(2)11(17)5-14-12(18)4-10-7-19-13-15-9(3)6-16(10)13/h6-8,11,17H,4-5H2,1-3H3,(H,14,18). The predicted octanol–water partition coefficient (Wildman–Crippen LogP) is 1.38. The second-order valence-corrected chi connectivity index (χ2v) is 5.89. The number of nitrogens with one attached hydrogen (secondary N) is 1. The van der Waals surface area contributed by atoms with Crippen LogP contribution in [0.3, 0.4) is 0 Å². The quantitative estimate of drug-likeness (QED) is 0.870. The topological polar surface area (TPSA) is 66.6 Å². The Morgan fingerprint density at radius 2 is 2.32 bits per heavy atom. The van der Waals surface area contributed by atoms with Crippen molar-refractivity contribution in [1.29, 1.82) is 0 Å². The van der Waals surface area contributed by atoms with Crippen LogP contribution in [0.5, 0.6) is 0 Å². The maximum absolute atomic E-state index is 11.8. The lowest BCUT2D eigenvalue weighted by Gasteiger charge is -2.14. The van der Waals surface area contributed by atoms with E-state index in [9.17, 15) is 9.90 Å². The van der Waals surface area contributed by atoms with Gasteiger partial charge in [-0.15, -0.1) is 11.3 Å². The zero-order chi connectivity index (χ0) is 14.0. The van der Waals surface area contributed by atoms with Crippen molar-refractivity contribution >= 4 is 22.2 Å². The highest BCUT2D eigenvalue weighted by Crippen LogP contribution is 2.16. The first-order valence-corrected chi connectivity index (χ1v) is 7.22. The Kier molecular flexibility index (Phi) is 4.21. The van der Waals surface area contributed by atoms with Crippen LogP contribution in [-0.2, 0) is 11.2 Å². The van der Waals surface area contributed by atoms with Crippen LogP contribution in [0.4, 0.5) is 0 Å². The van der Waals surface area contributed by atoms with Gasteiger partial charge >= 0.3 is 0 Å². The summed E-state index contributed by atoms with van der Waals surface area (Å²) >= 11 is 1.53. The molecule has 2 heterocycles. The maximum atomic E-state index is 11.8. The molecule has 19 heavy (non-hydrogen) atoms. The number of thiazole rings is 1. The number of aryl methyl sites for hydroxylation is 1. The molecule has 0 spiro atoms. The molecule has 6 heteroatoms. The Labute approximate surface area is 116 Å². The van der Waals surface area contributed by atoms with Crippen molar-refractivity contribution in [3.8, 4) is 0 Å². The molecule has 2 aromatic rings. The van der Waals surface area contributed by atoms with E-state index in [1.54, 1.807) is 0 Å². The van der Waals surface area contributed by atoms with E-state index in [-0.39, 0.29) is 11.8 Å². The Hall–Kier alpha value is -1.40. The van der Waals surface area contributed by atoms with E-state index in [4.69, 9.17) is 0 Å². The van der Waals surface area contributed by atoms with Gasteiger partial charge in [-0.3, -0.25) is 9.20 Å². The molecule has 2 aromatic heterocycles. The summed E-state index contributed by atoms with van der Waals surface area (Å²) in [5, 5.41) is 14.3. The summed E-state index contributed by atoms with van der Waals surface area (Å²) < 4.78 is 1.94. The highest BCUT2D eigenvalue weighted by molar-refractivity contribution is 7.15. The van der Waals surface area contributed by atoms with Crippen molar-refractivity contribution in [1.82, 2.24) is 14.7 Å². The minimum absolute atomic E-state index is 0.0780. The molecule has 0 saturated carbocycles. The molecule has 0 aliphatic carbocycles. The Balaban J connectivity index is 1.95. The molecule has 1 atom stereocenters. The van der Waals surface area contributed by atoms with Gasteiger partial charge in [0.15, 0.2) is 4.96 Å². The Morgan fingerprint density at radius 1 is 1.58 bits per heavy atom. The van der Waals surface area contributed by atoms with Gasteiger partial charge < -0.3 is 10.4 Å². The molecule has 0 aromatic carbocycles. The molecule has 0 aliphatic heterocycles. The highest BCUT2D eigenvalue weighted by atomic mass is 32.1. The van der Waals surface area contributed by atoms with E-state index in [0.717, 1.165) is 16.3 Å². The smallest absolute Gasteiger partial charge is 0.226 e. The van der Waals surface area contributed by atoms with Crippen LogP contribution >= 0.6 is 11.3 Å². The van der Waals surface area contributed by atoms with E-state index in [2.05, 4.69) is 10.3 Å². The largest absolute Gasteiger partial charge is 0.391 e. The van der Waals surface area contributed by atoms with Crippen molar-refractivity contribution < 1.29 is 9.90 Å². The third kappa shape index (κ3) is 3.33. The molecule has 0 saturated heterocycles. The van der Waals surface area contributed by atoms with Gasteiger partial charge in [0.1, 0.15) is 0 Å². The average molecular weight is 281 g/mol. The maximum Gasteiger partial charge on any atom is 0.226 e. The number of fused-ring (bicyclic) bond motifs is 1. The summed E-state index contributed by atoms with van der Waals surface area (Å²) in [7, 11) is 0. The van der Waals surface area contributed by atoms with E-state index in [0.29, 0.717) is 13.0 Å². The summed E-state index contributed by atoms with van der Waals surface area (Å²) in [5.74, 6) is 0.0650. The average Bonchev–Trinajstić information content (AvgIpc) is 2.87. The second kappa shape index (κ2) is 5.71. The molecule has 0 bridgehead atoms. The number of aliphatic hydroxyl groups excluding tert-OH is 1. The molecule has 1 unspecified atom stereocenters. The minimum Gasteiger partial charge on any atom is -0.391 e. The van der Waals surface area contributed by atoms with Gasteiger partial charge in [0.05, 0.1) is 18.2 Å². The van der Waals surface area contributed by atoms with Crippen LogP contribution in [0, 0.1) is 12.8 Å². The van der Waals surface area contributed by atoms with E-state index < -0.39 is 6.10 Å². The molecule has 0 fully saturated rings. The summed E-state index contributed by atoms with van der Waals surface area (Å²) in [4.78, 5) is 17.1. The van der Waals surface area contributed by atoms with Crippen molar-refractivity contribution in [2.24, 2.45) is 5.92 Å². The van der Waals surface area contributed by atoms with Gasteiger partial charge in [-0.2, -0.15) is 0 Å². The lowest BCUT2D eigenvalue weighted by atomic mass is 10.1. The molecule has 0 aliphatic rings. The third-order valence-corrected chi connectivity index (χ3v) is 3.91. The number of hydrogen-bond acceptors (Lipinski definition) is 4. The Morgan fingerprint density at radius 3 is 3.00 bits per heavy atom. The fourth-order valence-corrected chi connectivity index (χ4v) is 2.67. The van der Waals surface area contributed by atoms with Crippen LogP contribution in [0.1, 0.15) is 25.2 Å². The number of rotatable bonds is 5. The van der Waals surface area contributed by atoms with Crippen molar-refractivity contribution in [2.45, 2.75) is 33.3 Å². The van der Waals surface area contributed by atoms with Crippen LogP contribution < -0.4 is 5.32 Å². The van der Waals surface area contributed by atoms with Gasteiger partial charge in [0.25, 0.3) is 0 Å². The number of hydrogen-bond donors (Lipinski definition) is 2. The fraction of sp³-hybridized carbons (Fsp3) is 0.538. The van der Waals surface area contributed by atoms with Crippen molar-refractivity contribution in [2.75, 3.05) is 6.54 Å². The number of imidazole rings is 1. The van der Waals surface area contributed by atoms with Gasteiger partial charge in [-0.25, -0.2) is 4.98 Å². The van der Waals surface area contributed by atoms with Crippen LogP contribution in [0.15, 0.2) is 11.6 Å². The number of amides is 1. The summed E-state index contributed by atoms with van der Waals surface area (Å²) in [6, 6.07) is 0. The molecular formula is C13H19N3O2S. The first kappa shape index (κ1) is 14.0. The van der Waals surface area contributed by atoms with Gasteiger partial charge in [-0.05, 0) is 12.8 Å².